The van der Waals surface area contributed by atoms with E-state index in [9.17, 15) is 8.42 Å². The summed E-state index contributed by atoms with van der Waals surface area (Å²) >= 11 is 0. The fraction of sp³-hybridized carbons (Fsp3) is 0.308. The van der Waals surface area contributed by atoms with E-state index in [-0.39, 0.29) is 11.1 Å². The minimum Gasteiger partial charge on any atom is -0.335 e. The third-order valence-electron chi connectivity index (χ3n) is 2.99. The molecule has 1 aromatic carbocycles. The number of nitrogens with zero attached hydrogens (tertiary/aromatic N) is 1. The number of benzene rings is 1. The van der Waals surface area contributed by atoms with Crippen LogP contribution in [0.25, 0.3) is 0 Å². The zero-order valence-electron chi connectivity index (χ0n) is 11.1. The SMILES string of the molecule is Cc1ccc(C(C)NS(=O)(=O)c2cnc[nH]2)c(C)c1. The molecule has 5 nitrogen and oxygen atoms in total. The van der Waals surface area contributed by atoms with Crippen molar-refractivity contribution in [3.8, 4) is 0 Å². The van der Waals surface area contributed by atoms with E-state index >= 15 is 0 Å². The summed E-state index contributed by atoms with van der Waals surface area (Å²) in [6.07, 6.45) is 2.63. The minimum atomic E-state index is -3.56. The van der Waals surface area contributed by atoms with Gasteiger partial charge in [0.1, 0.15) is 0 Å². The summed E-state index contributed by atoms with van der Waals surface area (Å²) in [6.45, 7) is 5.81. The van der Waals surface area contributed by atoms with Crippen molar-refractivity contribution in [3.63, 3.8) is 0 Å². The van der Waals surface area contributed by atoms with E-state index in [2.05, 4.69) is 14.7 Å². The second kappa shape index (κ2) is 5.14. The largest absolute Gasteiger partial charge is 0.335 e. The Balaban J connectivity index is 2.24. The van der Waals surface area contributed by atoms with Gasteiger partial charge >= 0.3 is 0 Å². The van der Waals surface area contributed by atoms with Gasteiger partial charge in [0, 0.05) is 6.04 Å². The van der Waals surface area contributed by atoms with Gasteiger partial charge in [-0.25, -0.2) is 18.1 Å². The highest BCUT2D eigenvalue weighted by atomic mass is 32.2. The maximum atomic E-state index is 12.1. The van der Waals surface area contributed by atoms with Crippen molar-refractivity contribution in [1.29, 1.82) is 0 Å². The number of sulfonamides is 1. The van der Waals surface area contributed by atoms with Gasteiger partial charge in [0.2, 0.25) is 0 Å². The van der Waals surface area contributed by atoms with Crippen LogP contribution in [0.5, 0.6) is 0 Å². The van der Waals surface area contributed by atoms with E-state index in [4.69, 9.17) is 0 Å². The van der Waals surface area contributed by atoms with Gasteiger partial charge in [-0.05, 0) is 31.9 Å². The summed E-state index contributed by atoms with van der Waals surface area (Å²) in [5.74, 6) is 0. The number of H-pyrrole nitrogens is 1. The van der Waals surface area contributed by atoms with Gasteiger partial charge in [-0.1, -0.05) is 23.8 Å². The second-order valence-corrected chi connectivity index (χ2v) is 6.30. The lowest BCUT2D eigenvalue weighted by molar-refractivity contribution is 0.563. The Morgan fingerprint density at radius 3 is 2.63 bits per heavy atom. The van der Waals surface area contributed by atoms with Crippen molar-refractivity contribution >= 4 is 10.0 Å². The first-order valence-corrected chi connectivity index (χ1v) is 7.46. The number of rotatable bonds is 4. The van der Waals surface area contributed by atoms with Crippen LogP contribution in [0.1, 0.15) is 29.7 Å². The Hall–Kier alpha value is -1.66. The molecule has 0 aliphatic rings. The predicted molar refractivity (Wildman–Crippen MR) is 73.2 cm³/mol. The van der Waals surface area contributed by atoms with Crippen LogP contribution in [0.4, 0.5) is 0 Å². The molecular formula is C13H17N3O2S. The number of hydrogen-bond donors (Lipinski definition) is 2. The molecule has 6 heteroatoms. The standard InChI is InChI=1S/C13H17N3O2S/c1-9-4-5-12(10(2)6-9)11(3)16-19(17,18)13-7-14-8-15-13/h4-8,11,16H,1-3H3,(H,14,15). The average molecular weight is 279 g/mol. The Kier molecular flexibility index (Phi) is 3.73. The zero-order valence-corrected chi connectivity index (χ0v) is 12.0. The predicted octanol–water partition coefficient (Wildman–Crippen LogP) is 2.07. The first-order chi connectivity index (χ1) is 8.90. The van der Waals surface area contributed by atoms with E-state index in [0.717, 1.165) is 16.7 Å². The molecule has 2 N–H and O–H groups in total. The Bertz CT molecular complexity index is 663. The fourth-order valence-electron chi connectivity index (χ4n) is 2.06. The second-order valence-electron chi connectivity index (χ2n) is 4.62. The smallest absolute Gasteiger partial charge is 0.258 e. The van der Waals surface area contributed by atoms with E-state index in [1.165, 1.54) is 12.5 Å². The summed E-state index contributed by atoms with van der Waals surface area (Å²) in [4.78, 5) is 6.32. The van der Waals surface area contributed by atoms with Gasteiger partial charge < -0.3 is 4.98 Å². The molecular weight excluding hydrogens is 262 g/mol. The van der Waals surface area contributed by atoms with Crippen LogP contribution in [0.2, 0.25) is 0 Å². The molecule has 1 unspecified atom stereocenters. The molecule has 1 heterocycles. The third kappa shape index (κ3) is 3.02. The Morgan fingerprint density at radius 1 is 1.32 bits per heavy atom. The van der Waals surface area contributed by atoms with E-state index in [0.29, 0.717) is 0 Å². The van der Waals surface area contributed by atoms with Gasteiger partial charge in [0.25, 0.3) is 10.0 Å². The lowest BCUT2D eigenvalue weighted by Gasteiger charge is -2.16. The molecule has 0 saturated carbocycles. The summed E-state index contributed by atoms with van der Waals surface area (Å²) in [6, 6.07) is 5.67. The number of nitrogens with one attached hydrogen (secondary N) is 2. The van der Waals surface area contributed by atoms with E-state index in [1.807, 2.05) is 39.0 Å². The lowest BCUT2D eigenvalue weighted by atomic mass is 10.0. The Morgan fingerprint density at radius 2 is 2.05 bits per heavy atom. The quantitative estimate of drug-likeness (QED) is 0.899. The van der Waals surface area contributed by atoms with Crippen LogP contribution in [-0.2, 0) is 10.0 Å². The summed E-state index contributed by atoms with van der Waals surface area (Å²) in [5, 5.41) is 0.0733. The molecule has 0 fully saturated rings. The van der Waals surface area contributed by atoms with Crippen molar-refractivity contribution in [2.75, 3.05) is 0 Å². The summed E-state index contributed by atoms with van der Waals surface area (Å²) in [5.41, 5.74) is 3.19. The molecule has 1 atom stereocenters. The van der Waals surface area contributed by atoms with Gasteiger partial charge in [-0.2, -0.15) is 0 Å². The molecule has 1 aromatic heterocycles. The molecule has 2 rings (SSSR count). The maximum absolute atomic E-state index is 12.1. The zero-order chi connectivity index (χ0) is 14.0. The van der Waals surface area contributed by atoms with Crippen molar-refractivity contribution in [2.24, 2.45) is 0 Å². The number of aromatic nitrogens is 2. The topological polar surface area (TPSA) is 74.8 Å². The third-order valence-corrected chi connectivity index (χ3v) is 4.45. The molecule has 0 saturated heterocycles. The summed E-state index contributed by atoms with van der Waals surface area (Å²) in [7, 11) is -3.56. The monoisotopic (exact) mass is 279 g/mol. The van der Waals surface area contributed by atoms with E-state index in [1.54, 1.807) is 0 Å². The van der Waals surface area contributed by atoms with Crippen LogP contribution < -0.4 is 4.72 Å². The number of aryl methyl sites for hydroxylation is 2. The van der Waals surface area contributed by atoms with Crippen LogP contribution in [0.3, 0.4) is 0 Å². The minimum absolute atomic E-state index is 0.0733. The molecule has 102 valence electrons. The molecule has 0 spiro atoms. The van der Waals surface area contributed by atoms with Crippen molar-refractivity contribution < 1.29 is 8.42 Å². The van der Waals surface area contributed by atoms with Crippen molar-refractivity contribution in [3.05, 3.63) is 47.4 Å². The average Bonchev–Trinajstić information content (AvgIpc) is 2.81. The highest BCUT2D eigenvalue weighted by Crippen LogP contribution is 2.20. The van der Waals surface area contributed by atoms with Gasteiger partial charge in [0.15, 0.2) is 5.03 Å². The van der Waals surface area contributed by atoms with Crippen LogP contribution >= 0.6 is 0 Å². The number of hydrogen-bond acceptors (Lipinski definition) is 3. The molecule has 0 aliphatic heterocycles. The highest BCUT2D eigenvalue weighted by Gasteiger charge is 2.20. The number of aromatic amines is 1. The van der Waals surface area contributed by atoms with Gasteiger partial charge in [-0.3, -0.25) is 0 Å². The molecule has 0 radical (unpaired) electrons. The fourth-order valence-corrected chi connectivity index (χ4v) is 3.19. The number of imidazole rings is 1. The van der Waals surface area contributed by atoms with E-state index < -0.39 is 10.0 Å². The van der Waals surface area contributed by atoms with Gasteiger partial charge in [-0.15, -0.1) is 0 Å². The summed E-state index contributed by atoms with van der Waals surface area (Å²) < 4.78 is 26.8. The molecule has 0 amide bonds. The normalized spacial score (nSPS) is 13.4. The van der Waals surface area contributed by atoms with Crippen molar-refractivity contribution in [2.45, 2.75) is 31.8 Å². The first-order valence-electron chi connectivity index (χ1n) is 5.98. The molecule has 0 aliphatic carbocycles. The van der Waals surface area contributed by atoms with Crippen LogP contribution in [0.15, 0.2) is 35.7 Å². The van der Waals surface area contributed by atoms with Crippen molar-refractivity contribution in [1.82, 2.24) is 14.7 Å². The Labute approximate surface area is 113 Å². The van der Waals surface area contributed by atoms with Gasteiger partial charge in [0.05, 0.1) is 12.5 Å². The van der Waals surface area contributed by atoms with Crippen LogP contribution in [-0.4, -0.2) is 18.4 Å². The molecule has 19 heavy (non-hydrogen) atoms. The highest BCUT2D eigenvalue weighted by molar-refractivity contribution is 7.89. The lowest BCUT2D eigenvalue weighted by Crippen LogP contribution is -2.27. The molecule has 0 bridgehead atoms. The molecule has 2 aromatic rings. The first kappa shape index (κ1) is 13.8. The van der Waals surface area contributed by atoms with Crippen LogP contribution in [0, 0.1) is 13.8 Å². The maximum Gasteiger partial charge on any atom is 0.258 e.